The third kappa shape index (κ3) is 5.27. The maximum absolute atomic E-state index is 12.3. The van der Waals surface area contributed by atoms with Crippen molar-refractivity contribution in [3.05, 3.63) is 41.6 Å². The summed E-state index contributed by atoms with van der Waals surface area (Å²) < 4.78 is 1.79. The molecule has 0 saturated heterocycles. The highest BCUT2D eigenvalue weighted by Crippen LogP contribution is 2.24. The van der Waals surface area contributed by atoms with Crippen LogP contribution in [-0.4, -0.2) is 44.5 Å². The van der Waals surface area contributed by atoms with E-state index in [2.05, 4.69) is 46.5 Å². The molecular weight excluding hydrogens is 398 g/mol. The van der Waals surface area contributed by atoms with E-state index >= 15 is 0 Å². The maximum atomic E-state index is 12.3. The third-order valence-electron chi connectivity index (χ3n) is 4.31. The van der Waals surface area contributed by atoms with Crippen LogP contribution in [0.1, 0.15) is 36.7 Å². The molecule has 3 rings (SSSR count). The first-order valence-electron chi connectivity index (χ1n) is 9.90. The molecule has 1 amide bonds. The van der Waals surface area contributed by atoms with E-state index in [0.717, 1.165) is 29.1 Å². The Morgan fingerprint density at radius 2 is 2.03 bits per heavy atom. The molecule has 0 atom stereocenters. The van der Waals surface area contributed by atoms with E-state index in [-0.39, 0.29) is 5.91 Å². The summed E-state index contributed by atoms with van der Waals surface area (Å²) in [5.74, 6) is 1.97. The van der Waals surface area contributed by atoms with Gasteiger partial charge in [0.05, 0.1) is 29.8 Å². The summed E-state index contributed by atoms with van der Waals surface area (Å²) in [5.41, 5.74) is 1.79. The summed E-state index contributed by atoms with van der Waals surface area (Å²) in [4.78, 5) is 21.6. The summed E-state index contributed by atoms with van der Waals surface area (Å²) in [6.07, 6.45) is 1.76. The van der Waals surface area contributed by atoms with Gasteiger partial charge in [-0.05, 0) is 35.9 Å². The normalized spacial score (nSPS) is 10.9. The zero-order chi connectivity index (χ0) is 21.5. The van der Waals surface area contributed by atoms with E-state index in [1.54, 1.807) is 46.9 Å². The van der Waals surface area contributed by atoms with Gasteiger partial charge in [0.1, 0.15) is 5.82 Å². The number of hydrogen-bond acceptors (Lipinski definition) is 7. The molecule has 2 aromatic heterocycles. The molecule has 9 heteroatoms. The standard InChI is InChI=1S/C21H25N7OS/c1-4-30-21-26-18(24-12-14(2)3)17-13-25-28(19(17)27-21)10-9-23-20(29)16-7-5-15(11-22)6-8-16/h5-8,13-14H,4,9-10,12H2,1-3H3,(H,23,29)(H,24,26,27). The van der Waals surface area contributed by atoms with Crippen molar-refractivity contribution in [2.75, 3.05) is 24.2 Å². The third-order valence-corrected chi connectivity index (χ3v) is 5.04. The van der Waals surface area contributed by atoms with Crippen molar-refractivity contribution in [2.45, 2.75) is 32.5 Å². The Morgan fingerprint density at radius 1 is 1.27 bits per heavy atom. The van der Waals surface area contributed by atoms with Crippen molar-refractivity contribution < 1.29 is 4.79 Å². The van der Waals surface area contributed by atoms with Crippen molar-refractivity contribution >= 4 is 34.5 Å². The van der Waals surface area contributed by atoms with Crippen molar-refractivity contribution in [3.8, 4) is 6.07 Å². The molecule has 0 aliphatic rings. The van der Waals surface area contributed by atoms with Gasteiger partial charge >= 0.3 is 0 Å². The molecule has 3 aromatic rings. The second kappa shape index (κ2) is 10.1. The number of anilines is 1. The molecule has 2 N–H and O–H groups in total. The number of nitriles is 1. The Hall–Kier alpha value is -3.12. The lowest BCUT2D eigenvalue weighted by atomic mass is 10.1. The second-order valence-corrected chi connectivity index (χ2v) is 8.34. The topological polar surface area (TPSA) is 109 Å². The van der Waals surface area contributed by atoms with Crippen molar-refractivity contribution in [1.82, 2.24) is 25.1 Å². The van der Waals surface area contributed by atoms with Gasteiger partial charge in [-0.2, -0.15) is 10.4 Å². The molecule has 0 aliphatic carbocycles. The van der Waals surface area contributed by atoms with Crippen LogP contribution in [0.25, 0.3) is 11.0 Å². The number of fused-ring (bicyclic) bond motifs is 1. The molecule has 0 spiro atoms. The fourth-order valence-electron chi connectivity index (χ4n) is 2.80. The molecule has 0 fully saturated rings. The first kappa shape index (κ1) is 21.6. The van der Waals surface area contributed by atoms with Gasteiger partial charge in [0.2, 0.25) is 0 Å². The highest BCUT2D eigenvalue weighted by atomic mass is 32.2. The van der Waals surface area contributed by atoms with Gasteiger partial charge in [0, 0.05) is 18.7 Å². The number of nitrogens with one attached hydrogen (secondary N) is 2. The average Bonchev–Trinajstić information content (AvgIpc) is 3.15. The minimum Gasteiger partial charge on any atom is -0.369 e. The molecule has 30 heavy (non-hydrogen) atoms. The lowest BCUT2D eigenvalue weighted by Crippen LogP contribution is -2.27. The summed E-state index contributed by atoms with van der Waals surface area (Å²) in [5, 5.41) is 21.2. The van der Waals surface area contributed by atoms with Crippen LogP contribution in [-0.2, 0) is 6.54 Å². The van der Waals surface area contributed by atoms with Crippen molar-refractivity contribution in [2.24, 2.45) is 5.92 Å². The molecule has 0 saturated carbocycles. The van der Waals surface area contributed by atoms with Gasteiger partial charge in [0.25, 0.3) is 5.91 Å². The predicted octanol–water partition coefficient (Wildman–Crippen LogP) is 3.31. The molecule has 0 bridgehead atoms. The largest absolute Gasteiger partial charge is 0.369 e. The Kier molecular flexibility index (Phi) is 7.25. The van der Waals surface area contributed by atoms with Crippen LogP contribution >= 0.6 is 11.8 Å². The van der Waals surface area contributed by atoms with Gasteiger partial charge in [-0.15, -0.1) is 0 Å². The summed E-state index contributed by atoms with van der Waals surface area (Å²) in [6, 6.07) is 8.59. The van der Waals surface area contributed by atoms with Gasteiger partial charge in [-0.1, -0.05) is 32.5 Å². The van der Waals surface area contributed by atoms with Crippen LogP contribution in [0.15, 0.2) is 35.6 Å². The molecule has 1 aromatic carbocycles. The van der Waals surface area contributed by atoms with E-state index in [4.69, 9.17) is 5.26 Å². The van der Waals surface area contributed by atoms with Crippen LogP contribution in [0.4, 0.5) is 5.82 Å². The predicted molar refractivity (Wildman–Crippen MR) is 119 cm³/mol. The SMILES string of the molecule is CCSc1nc(NCC(C)C)c2cnn(CCNC(=O)c3ccc(C#N)cc3)c2n1. The van der Waals surface area contributed by atoms with E-state index < -0.39 is 0 Å². The number of hydrogen-bond donors (Lipinski definition) is 2. The van der Waals surface area contributed by atoms with Crippen LogP contribution in [0.2, 0.25) is 0 Å². The lowest BCUT2D eigenvalue weighted by Gasteiger charge is -2.11. The summed E-state index contributed by atoms with van der Waals surface area (Å²) >= 11 is 1.58. The number of amides is 1. The molecule has 0 aliphatic heterocycles. The van der Waals surface area contributed by atoms with Crippen LogP contribution in [0.5, 0.6) is 0 Å². The lowest BCUT2D eigenvalue weighted by molar-refractivity contribution is 0.0952. The van der Waals surface area contributed by atoms with Crippen LogP contribution < -0.4 is 10.6 Å². The number of benzene rings is 1. The number of carbonyl (C=O) groups excluding carboxylic acids is 1. The fraction of sp³-hybridized carbons (Fsp3) is 0.381. The van der Waals surface area contributed by atoms with Crippen LogP contribution in [0, 0.1) is 17.2 Å². The van der Waals surface area contributed by atoms with Crippen molar-refractivity contribution in [3.63, 3.8) is 0 Å². The number of aromatic nitrogens is 4. The van der Waals surface area contributed by atoms with Gasteiger partial charge in [0.15, 0.2) is 10.8 Å². The summed E-state index contributed by atoms with van der Waals surface area (Å²) in [6.45, 7) is 8.07. The zero-order valence-corrected chi connectivity index (χ0v) is 18.2. The molecule has 156 valence electrons. The Morgan fingerprint density at radius 3 is 2.70 bits per heavy atom. The smallest absolute Gasteiger partial charge is 0.251 e. The Balaban J connectivity index is 1.72. The first-order valence-corrected chi connectivity index (χ1v) is 10.9. The number of nitrogens with zero attached hydrogens (tertiary/aromatic N) is 5. The van der Waals surface area contributed by atoms with Gasteiger partial charge in [-0.3, -0.25) is 4.79 Å². The number of rotatable bonds is 9. The Bertz CT molecular complexity index is 1050. The summed E-state index contributed by atoms with van der Waals surface area (Å²) in [7, 11) is 0. The highest BCUT2D eigenvalue weighted by Gasteiger charge is 2.14. The molecule has 2 heterocycles. The van der Waals surface area contributed by atoms with E-state index in [9.17, 15) is 4.79 Å². The number of thioether (sulfide) groups is 1. The number of carbonyl (C=O) groups is 1. The van der Waals surface area contributed by atoms with Gasteiger partial charge in [-0.25, -0.2) is 14.6 Å². The first-order chi connectivity index (χ1) is 14.5. The molecule has 0 radical (unpaired) electrons. The zero-order valence-electron chi connectivity index (χ0n) is 17.3. The van der Waals surface area contributed by atoms with E-state index in [1.807, 2.05) is 6.07 Å². The second-order valence-electron chi connectivity index (χ2n) is 7.11. The highest BCUT2D eigenvalue weighted by molar-refractivity contribution is 7.99. The Labute approximate surface area is 180 Å². The molecule has 0 unspecified atom stereocenters. The maximum Gasteiger partial charge on any atom is 0.251 e. The monoisotopic (exact) mass is 423 g/mol. The average molecular weight is 424 g/mol. The minimum absolute atomic E-state index is 0.188. The quantitative estimate of drug-likeness (QED) is 0.401. The molecular formula is C21H25N7OS. The van der Waals surface area contributed by atoms with Crippen LogP contribution in [0.3, 0.4) is 0 Å². The van der Waals surface area contributed by atoms with Crippen molar-refractivity contribution in [1.29, 1.82) is 5.26 Å². The van der Waals surface area contributed by atoms with E-state index in [1.165, 1.54) is 0 Å². The van der Waals surface area contributed by atoms with E-state index in [0.29, 0.717) is 35.3 Å². The molecule has 8 nitrogen and oxygen atoms in total. The minimum atomic E-state index is -0.188. The van der Waals surface area contributed by atoms with Gasteiger partial charge < -0.3 is 10.6 Å². The fourth-order valence-corrected chi connectivity index (χ4v) is 3.37.